The number of likely N-dealkylation sites (tertiary alicyclic amines) is 1. The SMILES string of the molecule is CN(CCNc1cccc2c1C(=O)N(C1CCC(=O)NC1=O)C2=O)[C@@H]1C[C@@H]2CN(c3cc(N4CCC5(CC4)CN(c4cc(F)c(CN6CCC(C)(C)CC6)cc4F)CC(=O)N5)ncn3)C[C@@H]2C1. The van der Waals surface area contributed by atoms with Crippen molar-refractivity contribution in [2.24, 2.45) is 17.3 Å². The van der Waals surface area contributed by atoms with Crippen LogP contribution in [0.3, 0.4) is 0 Å². The molecule has 6 fully saturated rings. The lowest BCUT2D eigenvalue weighted by Gasteiger charge is -2.48. The number of halogens is 2. The summed E-state index contributed by atoms with van der Waals surface area (Å²) < 4.78 is 31.3. The number of piperidine rings is 3. The van der Waals surface area contributed by atoms with Crippen molar-refractivity contribution in [2.45, 2.75) is 89.4 Å². The molecule has 0 bridgehead atoms. The monoisotopic (exact) mass is 921 g/mol. The minimum absolute atomic E-state index is 0.0251. The summed E-state index contributed by atoms with van der Waals surface area (Å²) in [4.78, 5) is 85.4. The van der Waals surface area contributed by atoms with Crippen LogP contribution in [0.5, 0.6) is 0 Å². The number of likely N-dealkylation sites (N-methyl/N-ethyl adjacent to an activating group) is 1. The maximum atomic E-state index is 15.8. The average molecular weight is 922 g/mol. The number of nitrogens with zero attached hydrogens (tertiary/aromatic N) is 8. The Bertz CT molecular complexity index is 2460. The largest absolute Gasteiger partial charge is 0.383 e. The number of carbonyl (C=O) groups is 5. The molecule has 1 aromatic heterocycles. The molecule has 1 unspecified atom stereocenters. The lowest BCUT2D eigenvalue weighted by molar-refractivity contribution is -0.136. The summed E-state index contributed by atoms with van der Waals surface area (Å²) in [7, 11) is 2.13. The predicted octanol–water partition coefficient (Wildman–Crippen LogP) is 4.01. The normalized spacial score (nSPS) is 26.1. The summed E-state index contributed by atoms with van der Waals surface area (Å²) >= 11 is 0. The number of nitrogens with one attached hydrogen (secondary N) is 3. The molecule has 7 heterocycles. The summed E-state index contributed by atoms with van der Waals surface area (Å²) in [5, 5.41) is 8.85. The van der Waals surface area contributed by atoms with Crippen LogP contribution in [-0.2, 0) is 20.9 Å². The average Bonchev–Trinajstić information content (AvgIpc) is 3.96. The van der Waals surface area contributed by atoms with Gasteiger partial charge >= 0.3 is 0 Å². The Morgan fingerprint density at radius 2 is 1.55 bits per heavy atom. The number of hydrogen-bond acceptors (Lipinski definition) is 13. The Morgan fingerprint density at radius 3 is 2.27 bits per heavy atom. The Balaban J connectivity index is 0.702. The third-order valence-corrected chi connectivity index (χ3v) is 15.9. The van der Waals surface area contributed by atoms with Crippen LogP contribution < -0.4 is 30.7 Å². The smallest absolute Gasteiger partial charge is 0.264 e. The van der Waals surface area contributed by atoms with Crippen molar-refractivity contribution < 1.29 is 32.8 Å². The van der Waals surface area contributed by atoms with Gasteiger partial charge in [0.1, 0.15) is 35.6 Å². The lowest BCUT2D eigenvalue weighted by Crippen LogP contribution is -2.66. The zero-order valence-electron chi connectivity index (χ0n) is 38.7. The molecule has 1 saturated carbocycles. The van der Waals surface area contributed by atoms with Crippen molar-refractivity contribution in [3.8, 4) is 0 Å². The van der Waals surface area contributed by atoms with Crippen LogP contribution in [-0.4, -0.2) is 144 Å². The van der Waals surface area contributed by atoms with Crippen LogP contribution in [0, 0.1) is 28.9 Å². The van der Waals surface area contributed by atoms with Gasteiger partial charge in [0.15, 0.2) is 0 Å². The van der Waals surface area contributed by atoms with Gasteiger partial charge in [-0.1, -0.05) is 19.9 Å². The summed E-state index contributed by atoms with van der Waals surface area (Å²) in [5.74, 6) is -0.447. The number of hydrogen-bond donors (Lipinski definition) is 3. The minimum atomic E-state index is -1.01. The van der Waals surface area contributed by atoms with Gasteiger partial charge in [-0.2, -0.15) is 0 Å². The van der Waals surface area contributed by atoms with Crippen molar-refractivity contribution in [2.75, 3.05) is 92.5 Å². The molecule has 3 aromatic rings. The molecule has 7 aliphatic rings. The van der Waals surface area contributed by atoms with Gasteiger partial charge in [0.2, 0.25) is 17.7 Å². The molecule has 1 spiro atoms. The number of benzene rings is 2. The second-order valence-corrected chi connectivity index (χ2v) is 20.9. The van der Waals surface area contributed by atoms with Gasteiger partial charge in [-0.3, -0.25) is 39.1 Å². The molecule has 5 amide bonds. The highest BCUT2D eigenvalue weighted by Crippen LogP contribution is 2.42. The van der Waals surface area contributed by atoms with Gasteiger partial charge in [-0.15, -0.1) is 0 Å². The van der Waals surface area contributed by atoms with Gasteiger partial charge in [-0.25, -0.2) is 18.7 Å². The van der Waals surface area contributed by atoms with Gasteiger partial charge in [0.05, 0.1) is 28.9 Å². The molecular formula is C49H61F2N11O5. The van der Waals surface area contributed by atoms with Gasteiger partial charge in [-0.05, 0) is 101 Å². The van der Waals surface area contributed by atoms with Gasteiger partial charge in [0.25, 0.3) is 11.8 Å². The van der Waals surface area contributed by atoms with Crippen molar-refractivity contribution in [3.63, 3.8) is 0 Å². The van der Waals surface area contributed by atoms with Gasteiger partial charge in [0, 0.05) is 88.2 Å². The Kier molecular flexibility index (Phi) is 11.9. The lowest BCUT2D eigenvalue weighted by atomic mass is 9.82. The fraction of sp³-hybridized carbons (Fsp3) is 0.571. The van der Waals surface area contributed by atoms with E-state index in [-0.39, 0.29) is 47.5 Å². The standard InChI is InChI=1S/C49H61F2N11O5/c1-48(2)9-14-58(15-10-48)24-32-21-36(51)39(22-35(32)50)61-27-43(64)56-49(28-61)11-16-59(17-12-49)40-23-41(54-29-53-40)60-25-30-19-33(20-31(30)26-60)57(3)18-13-52-37-6-4-5-34-44(37)47(67)62(46(34)66)38-7-8-42(63)55-45(38)65/h4-6,21-23,29-31,33,38,52H,7-20,24-28H2,1-3H3,(H,56,64)(H,55,63,65)/t30-,31+,33-,38?. The van der Waals surface area contributed by atoms with Crippen LogP contribution in [0.4, 0.5) is 31.8 Å². The van der Waals surface area contributed by atoms with E-state index in [1.807, 2.05) is 0 Å². The second-order valence-electron chi connectivity index (χ2n) is 20.9. The number of carbonyl (C=O) groups excluding carboxylic acids is 5. The van der Waals surface area contributed by atoms with Crippen molar-refractivity contribution in [3.05, 3.63) is 71.1 Å². The number of imide groups is 2. The zero-order valence-corrected chi connectivity index (χ0v) is 38.7. The Hall–Kier alpha value is -5.75. The predicted molar refractivity (Wildman–Crippen MR) is 248 cm³/mol. The number of fused-ring (bicyclic) bond motifs is 2. The van der Waals surface area contributed by atoms with E-state index in [1.54, 1.807) is 29.4 Å². The number of piperazine rings is 1. The Morgan fingerprint density at radius 1 is 0.836 bits per heavy atom. The summed E-state index contributed by atoms with van der Waals surface area (Å²) in [6.45, 7) is 11.3. The summed E-state index contributed by atoms with van der Waals surface area (Å²) in [5.41, 5.74) is 1.25. The number of amides is 5. The fourth-order valence-corrected chi connectivity index (χ4v) is 11.8. The van der Waals surface area contributed by atoms with Crippen LogP contribution in [0.1, 0.15) is 91.5 Å². The third-order valence-electron chi connectivity index (χ3n) is 15.9. The molecule has 5 saturated heterocycles. The van der Waals surface area contributed by atoms with E-state index in [0.717, 1.165) is 74.9 Å². The van der Waals surface area contributed by atoms with Crippen LogP contribution in [0.15, 0.2) is 42.7 Å². The first-order valence-corrected chi connectivity index (χ1v) is 24.0. The number of rotatable bonds is 11. The highest BCUT2D eigenvalue weighted by Gasteiger charge is 2.47. The highest BCUT2D eigenvalue weighted by atomic mass is 19.1. The second kappa shape index (κ2) is 17.7. The quantitative estimate of drug-likeness (QED) is 0.237. The Labute approximate surface area is 389 Å². The van der Waals surface area contributed by atoms with E-state index in [4.69, 9.17) is 4.98 Å². The molecule has 67 heavy (non-hydrogen) atoms. The van der Waals surface area contributed by atoms with Crippen LogP contribution >= 0.6 is 0 Å². The first kappa shape index (κ1) is 45.1. The molecule has 356 valence electrons. The first-order chi connectivity index (χ1) is 32.1. The first-order valence-electron chi connectivity index (χ1n) is 24.0. The van der Waals surface area contributed by atoms with E-state index >= 15 is 8.78 Å². The summed E-state index contributed by atoms with van der Waals surface area (Å²) in [6, 6.07) is 9.16. The third kappa shape index (κ3) is 8.94. The maximum Gasteiger partial charge on any atom is 0.264 e. The molecule has 16 nitrogen and oxygen atoms in total. The zero-order chi connectivity index (χ0) is 46.8. The van der Waals surface area contributed by atoms with Crippen molar-refractivity contribution in [1.82, 2.24) is 35.3 Å². The molecule has 2 aromatic carbocycles. The molecule has 4 atom stereocenters. The highest BCUT2D eigenvalue weighted by molar-refractivity contribution is 6.25. The van der Waals surface area contributed by atoms with Crippen LogP contribution in [0.25, 0.3) is 0 Å². The van der Waals surface area contributed by atoms with Crippen molar-refractivity contribution in [1.29, 1.82) is 0 Å². The molecule has 10 rings (SSSR count). The molecule has 1 aliphatic carbocycles. The number of aromatic nitrogens is 2. The molecule has 0 radical (unpaired) electrons. The van der Waals surface area contributed by atoms with E-state index in [1.165, 1.54) is 12.1 Å². The maximum absolute atomic E-state index is 15.8. The number of anilines is 4. The summed E-state index contributed by atoms with van der Waals surface area (Å²) in [6.07, 6.45) is 7.23. The minimum Gasteiger partial charge on any atom is -0.383 e. The topological polar surface area (TPSA) is 167 Å². The van der Waals surface area contributed by atoms with E-state index in [0.29, 0.717) is 74.7 Å². The molecule has 6 aliphatic heterocycles. The molecule has 3 N–H and O–H groups in total. The van der Waals surface area contributed by atoms with Crippen LogP contribution in [0.2, 0.25) is 0 Å². The van der Waals surface area contributed by atoms with Gasteiger partial charge < -0.3 is 30.2 Å². The molecular weight excluding hydrogens is 861 g/mol. The fourth-order valence-electron chi connectivity index (χ4n) is 11.8. The van der Waals surface area contributed by atoms with Crippen molar-refractivity contribution >= 4 is 52.5 Å². The van der Waals surface area contributed by atoms with E-state index < -0.39 is 46.8 Å². The van der Waals surface area contributed by atoms with E-state index in [9.17, 15) is 24.0 Å². The van der Waals surface area contributed by atoms with E-state index in [2.05, 4.69) is 67.5 Å². The molecule has 18 heteroatoms.